The minimum atomic E-state index is 1.42. The summed E-state index contributed by atoms with van der Waals surface area (Å²) in [5.41, 5.74) is 0. The van der Waals surface area contributed by atoms with E-state index in [0.717, 1.165) is 0 Å². The van der Waals surface area contributed by atoms with Crippen molar-refractivity contribution >= 4 is 28.7 Å². The van der Waals surface area contributed by atoms with E-state index < -0.39 is 0 Å². The maximum Gasteiger partial charge on any atom is 0.0385 e. The second-order valence-electron chi connectivity index (χ2n) is 0.399. The molecule has 0 aromatic carbocycles. The van der Waals surface area contributed by atoms with Crippen LogP contribution in [0.5, 0.6) is 0 Å². The van der Waals surface area contributed by atoms with Crippen LogP contribution in [0.2, 0.25) is 0 Å². The molecular weight excluding hydrogens is 100 g/mol. The van der Waals surface area contributed by atoms with Gasteiger partial charge in [-0.3, -0.25) is 0 Å². The Morgan fingerprint density at radius 1 is 1.80 bits per heavy atom. The van der Waals surface area contributed by atoms with Gasteiger partial charge in [-0.2, -0.15) is 0 Å². The molecule has 0 heterocycles. The highest BCUT2D eigenvalue weighted by atomic mass is 32.2. The van der Waals surface area contributed by atoms with Crippen molar-refractivity contribution in [2.45, 2.75) is 0 Å². The number of hydrogen-bond acceptors (Lipinski definition) is 2. The van der Waals surface area contributed by atoms with Crippen molar-refractivity contribution in [1.29, 1.82) is 0 Å². The second kappa shape index (κ2) is 4.18. The predicted molar refractivity (Wildman–Crippen MR) is 31.4 cm³/mol. The normalized spacial score (nSPS) is 6.40. The Hall–Kier alpha value is 0.180. The number of hydrogen-bond donors (Lipinski definition) is 0. The fraction of sp³-hybridized carbons (Fsp3) is 0. The minimum absolute atomic E-state index is 1.42. The highest BCUT2D eigenvalue weighted by Gasteiger charge is 1.54. The highest BCUT2D eigenvalue weighted by molar-refractivity contribution is 8.22. The highest BCUT2D eigenvalue weighted by Crippen LogP contribution is 1.90. The third-order valence-corrected chi connectivity index (χ3v) is 0.789. The smallest absolute Gasteiger partial charge is 0.0385 e. The van der Waals surface area contributed by atoms with Crippen LogP contribution < -0.4 is 0 Å². The molecular formula is C3H4S2. The van der Waals surface area contributed by atoms with Gasteiger partial charge in [-0.05, 0) is 5.41 Å². The van der Waals surface area contributed by atoms with E-state index in [4.69, 9.17) is 0 Å². The van der Waals surface area contributed by atoms with Crippen molar-refractivity contribution in [3.8, 4) is 0 Å². The first-order chi connectivity index (χ1) is 2.41. The lowest BCUT2D eigenvalue weighted by molar-refractivity contribution is 2.69. The molecule has 5 heavy (non-hydrogen) atoms. The summed E-state index contributed by atoms with van der Waals surface area (Å²) in [5.74, 6) is 0. The molecule has 0 amide bonds. The third-order valence-electron chi connectivity index (χ3n) is 0.152. The zero-order valence-electron chi connectivity index (χ0n) is 2.68. The van der Waals surface area contributed by atoms with Gasteiger partial charge in [0.2, 0.25) is 0 Å². The molecule has 28 valence electrons. The van der Waals surface area contributed by atoms with Gasteiger partial charge in [-0.15, -0.1) is 0 Å². The lowest BCUT2D eigenvalue weighted by Gasteiger charge is -1.63. The molecule has 0 nitrogen and oxygen atoms in total. The summed E-state index contributed by atoms with van der Waals surface area (Å²) in [6.45, 7) is 3.42. The van der Waals surface area contributed by atoms with Gasteiger partial charge in [0, 0.05) is 4.70 Å². The van der Waals surface area contributed by atoms with Crippen molar-refractivity contribution in [3.63, 3.8) is 0 Å². The van der Waals surface area contributed by atoms with Crippen molar-refractivity contribution in [3.05, 3.63) is 12.0 Å². The molecule has 0 radical (unpaired) electrons. The van der Waals surface area contributed by atoms with Gasteiger partial charge in [-0.1, -0.05) is 30.6 Å². The van der Waals surface area contributed by atoms with E-state index in [1.807, 2.05) is 0 Å². The van der Waals surface area contributed by atoms with Crippen molar-refractivity contribution in [2.75, 3.05) is 0 Å². The van der Waals surface area contributed by atoms with Gasteiger partial charge in [0.15, 0.2) is 0 Å². The first-order valence-electron chi connectivity index (χ1n) is 1.12. The third kappa shape index (κ3) is 4.18. The Morgan fingerprint density at radius 3 is 2.40 bits per heavy atom. The molecule has 0 spiro atoms. The van der Waals surface area contributed by atoms with Crippen LogP contribution >= 0.6 is 24.0 Å². The van der Waals surface area contributed by atoms with Crippen LogP contribution in [0.1, 0.15) is 0 Å². The van der Waals surface area contributed by atoms with Crippen LogP contribution in [0.4, 0.5) is 0 Å². The molecule has 0 N–H and O–H groups in total. The van der Waals surface area contributed by atoms with Gasteiger partial charge in [0.05, 0.1) is 0 Å². The van der Waals surface area contributed by atoms with Crippen LogP contribution in [-0.4, -0.2) is 4.70 Å². The number of thioether (sulfide) groups is 1. The molecule has 0 fully saturated rings. The van der Waals surface area contributed by atoms with E-state index in [9.17, 15) is 0 Å². The number of rotatable bonds is 2. The van der Waals surface area contributed by atoms with Gasteiger partial charge >= 0.3 is 0 Å². The van der Waals surface area contributed by atoms with E-state index in [0.29, 0.717) is 0 Å². The first-order valence-corrected chi connectivity index (χ1v) is 2.53. The average Bonchev–Trinajstić information content (AvgIpc) is 1.41. The quantitative estimate of drug-likeness (QED) is 0.490. The van der Waals surface area contributed by atoms with Crippen LogP contribution in [0.3, 0.4) is 0 Å². The second-order valence-corrected chi connectivity index (χ2v) is 1.77. The molecule has 0 aromatic rings. The fourth-order valence-corrected chi connectivity index (χ4v) is 0.354. The van der Waals surface area contributed by atoms with Gasteiger partial charge in [0.1, 0.15) is 0 Å². The van der Waals surface area contributed by atoms with Gasteiger partial charge < -0.3 is 0 Å². The monoisotopic (exact) mass is 104 g/mol. The molecule has 0 aliphatic carbocycles. The molecule has 0 bridgehead atoms. The molecule has 2 heteroatoms. The maximum absolute atomic E-state index is 4.42. The van der Waals surface area contributed by atoms with Gasteiger partial charge in [-0.25, -0.2) is 0 Å². The summed E-state index contributed by atoms with van der Waals surface area (Å²) >= 11 is 5.83. The molecule has 0 aliphatic rings. The van der Waals surface area contributed by atoms with Crippen molar-refractivity contribution < 1.29 is 0 Å². The Balaban J connectivity index is 2.65. The summed E-state index contributed by atoms with van der Waals surface area (Å²) in [5, 5.41) is 1.69. The lowest BCUT2D eigenvalue weighted by atomic mass is 11.3. The maximum atomic E-state index is 4.42. The van der Waals surface area contributed by atoms with Crippen LogP contribution in [0.25, 0.3) is 0 Å². The van der Waals surface area contributed by atoms with E-state index in [2.05, 4.69) is 18.8 Å². The standard InChI is InChI=1S/C3H4S2/c1-2-5-3-4/h2-3H,1H2. The Kier molecular flexibility index (Phi) is 4.33. The van der Waals surface area contributed by atoms with Crippen molar-refractivity contribution in [2.24, 2.45) is 0 Å². The summed E-state index contributed by atoms with van der Waals surface area (Å²) in [7, 11) is 0. The molecule has 0 rings (SSSR count). The molecule has 0 aromatic heterocycles. The topological polar surface area (TPSA) is 0 Å². The fourth-order valence-electron chi connectivity index (χ4n) is 0.0393. The summed E-state index contributed by atoms with van der Waals surface area (Å²) in [4.78, 5) is 0. The average molecular weight is 104 g/mol. The van der Waals surface area contributed by atoms with Crippen LogP contribution in [0, 0.1) is 0 Å². The zero-order chi connectivity index (χ0) is 4.12. The molecule has 0 saturated carbocycles. The first kappa shape index (κ1) is 5.18. The minimum Gasteiger partial charge on any atom is -0.0949 e. The van der Waals surface area contributed by atoms with E-state index >= 15 is 0 Å². The van der Waals surface area contributed by atoms with Crippen molar-refractivity contribution in [1.82, 2.24) is 0 Å². The van der Waals surface area contributed by atoms with E-state index in [1.54, 1.807) is 10.1 Å². The van der Waals surface area contributed by atoms with E-state index in [1.165, 1.54) is 11.8 Å². The SMILES string of the molecule is C=CSC=S. The molecule has 0 atom stereocenters. The summed E-state index contributed by atoms with van der Waals surface area (Å²) < 4.78 is 1.56. The Bertz CT molecular complexity index is 34.2. The number of thiocarbonyl (C=S) groups is 1. The molecule has 0 saturated heterocycles. The summed E-state index contributed by atoms with van der Waals surface area (Å²) in [6, 6.07) is 0. The lowest BCUT2D eigenvalue weighted by Crippen LogP contribution is -1.37. The summed E-state index contributed by atoms with van der Waals surface area (Å²) in [6.07, 6.45) is 0. The predicted octanol–water partition coefficient (Wildman–Crippen LogP) is 1.82. The largest absolute Gasteiger partial charge is 0.0949 e. The zero-order valence-corrected chi connectivity index (χ0v) is 4.31. The van der Waals surface area contributed by atoms with Crippen LogP contribution in [-0.2, 0) is 0 Å². The molecule has 0 unspecified atom stereocenters. The van der Waals surface area contributed by atoms with Gasteiger partial charge in [0.25, 0.3) is 0 Å². The van der Waals surface area contributed by atoms with Crippen LogP contribution in [0.15, 0.2) is 12.0 Å². The Labute approximate surface area is 41.3 Å². The molecule has 0 aliphatic heterocycles. The van der Waals surface area contributed by atoms with E-state index in [-0.39, 0.29) is 0 Å². The Morgan fingerprint density at radius 2 is 2.40 bits per heavy atom.